The number of furan rings is 1. The molecule has 0 bridgehead atoms. The third kappa shape index (κ3) is 4.14. The Morgan fingerprint density at radius 2 is 2.06 bits per heavy atom. The lowest BCUT2D eigenvalue weighted by molar-refractivity contribution is 0.142. The quantitative estimate of drug-likeness (QED) is 0.806. The number of nitrogens with zero attached hydrogens (tertiary/aromatic N) is 1. The van der Waals surface area contributed by atoms with E-state index in [2.05, 4.69) is 57.9 Å². The van der Waals surface area contributed by atoms with Crippen molar-refractivity contribution in [3.63, 3.8) is 0 Å². The normalized spacial score (nSPS) is 12.7. The first-order valence-electron chi connectivity index (χ1n) is 6.86. The minimum Gasteiger partial charge on any atom is -0.468 e. The summed E-state index contributed by atoms with van der Waals surface area (Å²) >= 11 is 0. The molecule has 1 N–H and O–H groups in total. The van der Waals surface area contributed by atoms with Crippen molar-refractivity contribution in [1.29, 1.82) is 0 Å². The fourth-order valence-corrected chi connectivity index (χ4v) is 1.70. The average Bonchev–Trinajstić information content (AvgIpc) is 2.73. The Hall–Kier alpha value is -0.800. The van der Waals surface area contributed by atoms with Crippen LogP contribution in [0.1, 0.15) is 52.4 Å². The second-order valence-corrected chi connectivity index (χ2v) is 5.93. The van der Waals surface area contributed by atoms with Crippen LogP contribution in [0.5, 0.6) is 0 Å². The van der Waals surface area contributed by atoms with E-state index in [0.717, 1.165) is 25.3 Å². The van der Waals surface area contributed by atoms with Crippen LogP contribution in [-0.4, -0.2) is 23.5 Å². The Balaban J connectivity index is 2.65. The van der Waals surface area contributed by atoms with Crippen LogP contribution in [0.4, 0.5) is 0 Å². The monoisotopic (exact) mass is 252 g/mol. The molecule has 3 nitrogen and oxygen atoms in total. The van der Waals surface area contributed by atoms with E-state index in [4.69, 9.17) is 4.42 Å². The van der Waals surface area contributed by atoms with E-state index < -0.39 is 0 Å². The van der Waals surface area contributed by atoms with E-state index in [1.54, 1.807) is 6.26 Å². The fourth-order valence-electron chi connectivity index (χ4n) is 1.70. The van der Waals surface area contributed by atoms with Crippen LogP contribution < -0.4 is 5.32 Å². The highest BCUT2D eigenvalue weighted by molar-refractivity contribution is 5.17. The summed E-state index contributed by atoms with van der Waals surface area (Å²) in [5.74, 6) is 1.06. The molecule has 1 aromatic heterocycles. The molecular weight excluding hydrogens is 224 g/mol. The van der Waals surface area contributed by atoms with Crippen LogP contribution in [0.3, 0.4) is 0 Å². The Morgan fingerprint density at radius 1 is 1.39 bits per heavy atom. The molecule has 0 atom stereocenters. The van der Waals surface area contributed by atoms with E-state index in [9.17, 15) is 0 Å². The van der Waals surface area contributed by atoms with Crippen LogP contribution in [0, 0.1) is 0 Å². The zero-order chi connectivity index (χ0) is 13.8. The van der Waals surface area contributed by atoms with Gasteiger partial charge in [0.05, 0.1) is 12.8 Å². The molecule has 0 unspecified atom stereocenters. The van der Waals surface area contributed by atoms with Gasteiger partial charge in [-0.15, -0.1) is 0 Å². The molecule has 1 heterocycles. The third-order valence-electron chi connectivity index (χ3n) is 3.81. The largest absolute Gasteiger partial charge is 0.468 e. The highest BCUT2D eigenvalue weighted by Gasteiger charge is 2.22. The first-order chi connectivity index (χ1) is 8.36. The summed E-state index contributed by atoms with van der Waals surface area (Å²) in [7, 11) is 2.18. The molecule has 0 aliphatic heterocycles. The summed E-state index contributed by atoms with van der Waals surface area (Å²) in [4.78, 5) is 2.39. The third-order valence-corrected chi connectivity index (χ3v) is 3.81. The summed E-state index contributed by atoms with van der Waals surface area (Å²) < 4.78 is 5.57. The predicted octanol–water partition coefficient (Wildman–Crippen LogP) is 3.40. The smallest absolute Gasteiger partial charge is 0.122 e. The number of hydrogen-bond acceptors (Lipinski definition) is 3. The molecular formula is C15H28N2O. The number of nitrogens with one attached hydrogen (secondary N) is 1. The lowest BCUT2D eigenvalue weighted by atomic mass is 9.99. The minimum atomic E-state index is 0.222. The van der Waals surface area contributed by atoms with Gasteiger partial charge in [-0.05, 0) is 33.4 Å². The molecule has 1 rings (SSSR count). The Morgan fingerprint density at radius 3 is 2.61 bits per heavy atom. The first kappa shape index (κ1) is 15.3. The van der Waals surface area contributed by atoms with Gasteiger partial charge in [0.1, 0.15) is 5.76 Å². The highest BCUT2D eigenvalue weighted by atomic mass is 16.3. The standard InChI is InChI=1S/C15H28N2O/c1-7-15(4,5)17(6)11-13-8-9-18-14(13)10-16-12(2)3/h8-9,12,16H,7,10-11H2,1-6H3. The maximum atomic E-state index is 5.57. The molecule has 0 spiro atoms. The van der Waals surface area contributed by atoms with Gasteiger partial charge in [-0.3, -0.25) is 4.90 Å². The van der Waals surface area contributed by atoms with Crippen LogP contribution in [0.2, 0.25) is 0 Å². The van der Waals surface area contributed by atoms with E-state index in [1.807, 2.05) is 0 Å². The van der Waals surface area contributed by atoms with Crippen molar-refractivity contribution < 1.29 is 4.42 Å². The van der Waals surface area contributed by atoms with Crippen molar-refractivity contribution in [3.8, 4) is 0 Å². The summed E-state index contributed by atoms with van der Waals surface area (Å²) in [6.45, 7) is 12.8. The molecule has 0 saturated carbocycles. The predicted molar refractivity (Wildman–Crippen MR) is 76.5 cm³/mol. The van der Waals surface area contributed by atoms with Crippen molar-refractivity contribution in [1.82, 2.24) is 10.2 Å². The molecule has 0 saturated heterocycles. The van der Waals surface area contributed by atoms with E-state index >= 15 is 0 Å². The molecule has 3 heteroatoms. The van der Waals surface area contributed by atoms with Gasteiger partial charge in [-0.2, -0.15) is 0 Å². The summed E-state index contributed by atoms with van der Waals surface area (Å²) in [5, 5.41) is 3.40. The average molecular weight is 252 g/mol. The van der Waals surface area contributed by atoms with Gasteiger partial charge in [0.15, 0.2) is 0 Å². The molecule has 18 heavy (non-hydrogen) atoms. The van der Waals surface area contributed by atoms with Crippen molar-refractivity contribution in [3.05, 3.63) is 23.7 Å². The second-order valence-electron chi connectivity index (χ2n) is 5.93. The number of hydrogen-bond donors (Lipinski definition) is 1. The molecule has 104 valence electrons. The van der Waals surface area contributed by atoms with Crippen LogP contribution in [0.25, 0.3) is 0 Å². The van der Waals surface area contributed by atoms with E-state index in [-0.39, 0.29) is 5.54 Å². The summed E-state index contributed by atoms with van der Waals surface area (Å²) in [6.07, 6.45) is 2.93. The highest BCUT2D eigenvalue weighted by Crippen LogP contribution is 2.21. The lowest BCUT2D eigenvalue weighted by Gasteiger charge is -2.34. The Bertz CT molecular complexity index is 355. The Kier molecular flexibility index (Phi) is 5.42. The fraction of sp³-hybridized carbons (Fsp3) is 0.733. The van der Waals surface area contributed by atoms with E-state index in [0.29, 0.717) is 6.04 Å². The molecule has 0 aromatic carbocycles. The van der Waals surface area contributed by atoms with E-state index in [1.165, 1.54) is 5.56 Å². The van der Waals surface area contributed by atoms with Crippen molar-refractivity contribution in [2.75, 3.05) is 7.05 Å². The molecule has 0 aliphatic rings. The molecule has 0 radical (unpaired) electrons. The van der Waals surface area contributed by atoms with Crippen molar-refractivity contribution >= 4 is 0 Å². The number of rotatable bonds is 7. The lowest BCUT2D eigenvalue weighted by Crippen LogP contribution is -2.40. The first-order valence-corrected chi connectivity index (χ1v) is 6.86. The maximum absolute atomic E-state index is 5.57. The van der Waals surface area contributed by atoms with Gasteiger partial charge in [0.2, 0.25) is 0 Å². The topological polar surface area (TPSA) is 28.4 Å². The maximum Gasteiger partial charge on any atom is 0.122 e. The second kappa shape index (κ2) is 6.39. The van der Waals surface area contributed by atoms with Crippen molar-refractivity contribution in [2.45, 2.75) is 65.7 Å². The molecule has 1 aromatic rings. The zero-order valence-electron chi connectivity index (χ0n) is 12.7. The van der Waals surface area contributed by atoms with Crippen LogP contribution >= 0.6 is 0 Å². The molecule has 0 aliphatic carbocycles. The molecule has 0 amide bonds. The van der Waals surface area contributed by atoms with Crippen LogP contribution in [0.15, 0.2) is 16.7 Å². The van der Waals surface area contributed by atoms with Gasteiger partial charge in [-0.25, -0.2) is 0 Å². The van der Waals surface area contributed by atoms with Gasteiger partial charge >= 0.3 is 0 Å². The van der Waals surface area contributed by atoms with Gasteiger partial charge in [0, 0.05) is 23.7 Å². The van der Waals surface area contributed by atoms with Gasteiger partial charge in [0.25, 0.3) is 0 Å². The Labute approximate surface area is 112 Å². The van der Waals surface area contributed by atoms with Gasteiger partial charge < -0.3 is 9.73 Å². The van der Waals surface area contributed by atoms with Gasteiger partial charge in [-0.1, -0.05) is 20.8 Å². The summed E-state index contributed by atoms with van der Waals surface area (Å²) in [5.41, 5.74) is 1.51. The van der Waals surface area contributed by atoms with Crippen LogP contribution in [-0.2, 0) is 13.1 Å². The van der Waals surface area contributed by atoms with Crippen molar-refractivity contribution in [2.24, 2.45) is 0 Å². The molecule has 0 fully saturated rings. The minimum absolute atomic E-state index is 0.222. The summed E-state index contributed by atoms with van der Waals surface area (Å²) in [6, 6.07) is 2.56. The SMILES string of the molecule is CCC(C)(C)N(C)Cc1ccoc1CNC(C)C. The zero-order valence-corrected chi connectivity index (χ0v) is 12.7.